The highest BCUT2D eigenvalue weighted by atomic mass is 16.2. The summed E-state index contributed by atoms with van der Waals surface area (Å²) in [7, 11) is 0. The SMILES string of the molecule is O=C(C1CCCCC1C(=O)N(C12CC3CC(CC(C3)C1)C2)C12CC3CC(CC(C3)C1)C2)N(C12CC3CC(CC(C3)C1)C2)C12CC3CC(CC(C3)C1)C2. The van der Waals surface area contributed by atoms with E-state index in [0.717, 1.165) is 96.7 Å². The van der Waals surface area contributed by atoms with E-state index in [1.165, 1.54) is 154 Å². The number of nitrogens with zero attached hydrogens (tertiary/aromatic N) is 2. The van der Waals surface area contributed by atoms with Crippen molar-refractivity contribution >= 4 is 11.8 Å². The van der Waals surface area contributed by atoms with Gasteiger partial charge in [-0.3, -0.25) is 9.59 Å². The van der Waals surface area contributed by atoms with E-state index in [0.29, 0.717) is 11.8 Å². The molecule has 2 unspecified atom stereocenters. The molecule has 17 saturated carbocycles. The maximum atomic E-state index is 16.3. The van der Waals surface area contributed by atoms with Crippen molar-refractivity contribution in [1.82, 2.24) is 9.80 Å². The first kappa shape index (κ1) is 32.1. The van der Waals surface area contributed by atoms with Gasteiger partial charge < -0.3 is 9.80 Å². The van der Waals surface area contributed by atoms with Gasteiger partial charge in [0.15, 0.2) is 0 Å². The molecule has 52 heavy (non-hydrogen) atoms. The Morgan fingerprint density at radius 1 is 0.308 bits per heavy atom. The van der Waals surface area contributed by atoms with Crippen molar-refractivity contribution in [2.24, 2.45) is 82.9 Å². The van der Waals surface area contributed by atoms with Crippen molar-refractivity contribution in [2.45, 2.75) is 202 Å². The number of hydrogen-bond acceptors (Lipinski definition) is 2. The Kier molecular flexibility index (Phi) is 6.70. The van der Waals surface area contributed by atoms with Gasteiger partial charge >= 0.3 is 0 Å². The average molecular weight is 707 g/mol. The van der Waals surface area contributed by atoms with Crippen LogP contribution in [0.25, 0.3) is 0 Å². The Labute approximate surface area is 315 Å². The van der Waals surface area contributed by atoms with Gasteiger partial charge in [-0.15, -0.1) is 0 Å². The zero-order valence-corrected chi connectivity index (χ0v) is 32.6. The maximum absolute atomic E-state index is 16.3. The molecule has 0 N–H and O–H groups in total. The summed E-state index contributed by atoms with van der Waals surface area (Å²) in [5.74, 6) is 11.1. The molecule has 0 radical (unpaired) electrons. The molecular weight excluding hydrogens is 637 g/mol. The third kappa shape index (κ3) is 4.51. The largest absolute Gasteiger partial charge is 0.331 e. The second-order valence-electron chi connectivity index (χ2n) is 24.4. The first-order valence-electron chi connectivity index (χ1n) is 23.9. The van der Waals surface area contributed by atoms with Gasteiger partial charge in [-0.05, 0) is 238 Å². The summed E-state index contributed by atoms with van der Waals surface area (Å²) >= 11 is 0. The molecule has 0 spiro atoms. The molecule has 16 bridgehead atoms. The second-order valence-corrected chi connectivity index (χ2v) is 24.4. The van der Waals surface area contributed by atoms with Gasteiger partial charge in [0.05, 0.1) is 0 Å². The molecule has 2 amide bonds. The van der Waals surface area contributed by atoms with Crippen LogP contribution in [0.3, 0.4) is 0 Å². The first-order chi connectivity index (χ1) is 25.2. The Hall–Kier alpha value is -1.06. The van der Waals surface area contributed by atoms with E-state index in [1.54, 1.807) is 0 Å². The summed E-state index contributed by atoms with van der Waals surface area (Å²) < 4.78 is 0. The predicted octanol–water partition coefficient (Wildman–Crippen LogP) is 10.3. The summed E-state index contributed by atoms with van der Waals surface area (Å²) in [4.78, 5) is 38.3. The van der Waals surface area contributed by atoms with Crippen LogP contribution in [0.2, 0.25) is 0 Å². The summed E-state index contributed by atoms with van der Waals surface area (Å²) in [5.41, 5.74) is 0.397. The van der Waals surface area contributed by atoms with Crippen LogP contribution in [-0.2, 0) is 9.59 Å². The standard InChI is InChI=1S/C48H70N2O2/c51-43(49(45-17-29-5-30(18-45)7-31(6-29)19-45)46-20-32-8-33(21-46)10-34(9-32)22-46)41-3-1-2-4-42(41)44(52)50(47-23-35-11-36(24-47)13-37(12-35)25-47)48-26-38-14-39(27-48)16-40(15-38)28-48/h29-42H,1-28H2. The molecule has 0 saturated heterocycles. The maximum Gasteiger partial charge on any atom is 0.227 e. The third-order valence-electron chi connectivity index (χ3n) is 20.8. The summed E-state index contributed by atoms with van der Waals surface area (Å²) in [6.45, 7) is 0. The number of carbonyl (C=O) groups is 2. The normalized spacial score (nSPS) is 58.2. The van der Waals surface area contributed by atoms with E-state index in [9.17, 15) is 0 Å². The lowest BCUT2D eigenvalue weighted by Crippen LogP contribution is -2.74. The van der Waals surface area contributed by atoms with Crippen LogP contribution in [-0.4, -0.2) is 43.8 Å². The van der Waals surface area contributed by atoms with Crippen molar-refractivity contribution < 1.29 is 9.59 Å². The van der Waals surface area contributed by atoms with Gasteiger partial charge in [0, 0.05) is 34.0 Å². The van der Waals surface area contributed by atoms with Gasteiger partial charge in [0.25, 0.3) is 0 Å². The molecule has 2 atom stereocenters. The molecule has 0 heterocycles. The lowest BCUT2D eigenvalue weighted by molar-refractivity contribution is -0.205. The molecule has 0 aromatic heterocycles. The molecule has 4 nitrogen and oxygen atoms in total. The fourth-order valence-electron chi connectivity index (χ4n) is 21.4. The Morgan fingerprint density at radius 2 is 0.481 bits per heavy atom. The molecule has 0 aromatic rings. The second kappa shape index (κ2) is 10.9. The van der Waals surface area contributed by atoms with Crippen molar-refractivity contribution in [2.75, 3.05) is 0 Å². The van der Waals surface area contributed by atoms with E-state index in [1.807, 2.05) is 0 Å². The van der Waals surface area contributed by atoms with Crippen LogP contribution in [0.1, 0.15) is 180 Å². The summed E-state index contributed by atoms with van der Waals surface area (Å²) in [6, 6.07) is 0. The number of amides is 2. The zero-order chi connectivity index (χ0) is 34.2. The Morgan fingerprint density at radius 3 is 0.654 bits per heavy atom. The predicted molar refractivity (Wildman–Crippen MR) is 203 cm³/mol. The molecule has 0 aromatic carbocycles. The smallest absolute Gasteiger partial charge is 0.227 e. The molecule has 17 rings (SSSR count). The lowest BCUT2D eigenvalue weighted by atomic mass is 9.48. The molecule has 4 heteroatoms. The lowest BCUT2D eigenvalue weighted by Gasteiger charge is -2.70. The highest BCUT2D eigenvalue weighted by Gasteiger charge is 2.67. The van der Waals surface area contributed by atoms with E-state index in [4.69, 9.17) is 0 Å². The number of carbonyl (C=O) groups excluding carboxylic acids is 2. The van der Waals surface area contributed by atoms with E-state index in [2.05, 4.69) is 9.80 Å². The summed E-state index contributed by atoms with van der Waals surface area (Å²) in [6.07, 6.45) is 37.1. The zero-order valence-electron chi connectivity index (χ0n) is 32.6. The molecule has 17 aliphatic rings. The molecule has 17 fully saturated rings. The van der Waals surface area contributed by atoms with E-state index >= 15 is 9.59 Å². The van der Waals surface area contributed by atoms with Gasteiger partial charge in [-0.2, -0.15) is 0 Å². The van der Waals surface area contributed by atoms with Crippen LogP contribution in [0.4, 0.5) is 0 Å². The number of hydrogen-bond donors (Lipinski definition) is 0. The van der Waals surface area contributed by atoms with E-state index in [-0.39, 0.29) is 34.0 Å². The monoisotopic (exact) mass is 707 g/mol. The topological polar surface area (TPSA) is 40.6 Å². The first-order valence-corrected chi connectivity index (χ1v) is 23.9. The Bertz CT molecular complexity index is 1180. The van der Waals surface area contributed by atoms with Crippen LogP contribution in [0.5, 0.6) is 0 Å². The average Bonchev–Trinajstić information content (AvgIpc) is 3.05. The molecule has 0 aliphatic heterocycles. The molecular formula is C48H70N2O2. The van der Waals surface area contributed by atoms with Gasteiger partial charge in [-0.25, -0.2) is 0 Å². The minimum absolute atomic E-state index is 0.0624. The highest BCUT2D eigenvalue weighted by molar-refractivity contribution is 5.90. The van der Waals surface area contributed by atoms with Crippen molar-refractivity contribution in [1.29, 1.82) is 0 Å². The van der Waals surface area contributed by atoms with Crippen molar-refractivity contribution in [3.8, 4) is 0 Å². The minimum Gasteiger partial charge on any atom is -0.331 e. The quantitative estimate of drug-likeness (QED) is 0.276. The van der Waals surface area contributed by atoms with Gasteiger partial charge in [-0.1, -0.05) is 12.8 Å². The van der Waals surface area contributed by atoms with Crippen LogP contribution < -0.4 is 0 Å². The Balaban J connectivity index is 0.906. The van der Waals surface area contributed by atoms with Crippen LogP contribution in [0, 0.1) is 82.9 Å². The molecule has 17 aliphatic carbocycles. The van der Waals surface area contributed by atoms with Crippen LogP contribution >= 0.6 is 0 Å². The van der Waals surface area contributed by atoms with Gasteiger partial charge in [0.1, 0.15) is 0 Å². The van der Waals surface area contributed by atoms with Crippen molar-refractivity contribution in [3.63, 3.8) is 0 Å². The van der Waals surface area contributed by atoms with Crippen LogP contribution in [0.15, 0.2) is 0 Å². The minimum atomic E-state index is -0.0624. The van der Waals surface area contributed by atoms with E-state index < -0.39 is 0 Å². The fraction of sp³-hybridized carbons (Fsp3) is 0.958. The molecule has 284 valence electrons. The fourth-order valence-corrected chi connectivity index (χ4v) is 21.4. The highest BCUT2D eigenvalue weighted by Crippen LogP contribution is 2.67. The third-order valence-corrected chi connectivity index (χ3v) is 20.8. The van der Waals surface area contributed by atoms with Crippen molar-refractivity contribution in [3.05, 3.63) is 0 Å². The number of rotatable bonds is 6. The van der Waals surface area contributed by atoms with Gasteiger partial charge in [0.2, 0.25) is 11.8 Å². The summed E-state index contributed by atoms with van der Waals surface area (Å²) in [5, 5.41) is 0.